The Hall–Kier alpha value is -0.810. The summed E-state index contributed by atoms with van der Waals surface area (Å²) in [4.78, 5) is 31.8. The molecule has 1 aromatic heterocycles. The van der Waals surface area contributed by atoms with Gasteiger partial charge in [0.15, 0.2) is 0 Å². The fourth-order valence-corrected chi connectivity index (χ4v) is 2.71. The fraction of sp³-hybridized carbons (Fsp3) is 0. The summed E-state index contributed by atoms with van der Waals surface area (Å²) in [5, 5.41) is 0. The van der Waals surface area contributed by atoms with Gasteiger partial charge in [0.05, 0.1) is 0 Å². The SMILES string of the molecule is O=c1sc2c(=O)c(=O)c2s1. The number of rotatable bonds is 0. The first-order chi connectivity index (χ1) is 4.70. The van der Waals surface area contributed by atoms with Crippen LogP contribution in [0.4, 0.5) is 0 Å². The van der Waals surface area contributed by atoms with Crippen molar-refractivity contribution in [1.82, 2.24) is 0 Å². The predicted octanol–water partition coefficient (Wildman–Crippen LogP) is -0.0810. The molecule has 0 radical (unpaired) electrons. The van der Waals surface area contributed by atoms with Gasteiger partial charge in [-0.1, -0.05) is 22.7 Å². The molecule has 0 amide bonds. The van der Waals surface area contributed by atoms with Crippen LogP contribution < -0.4 is 14.9 Å². The highest BCUT2D eigenvalue weighted by atomic mass is 32.2. The van der Waals surface area contributed by atoms with Crippen molar-refractivity contribution >= 4 is 32.1 Å². The summed E-state index contributed by atoms with van der Waals surface area (Å²) in [5.41, 5.74) is -1.00. The molecule has 0 N–H and O–H groups in total. The first-order valence-corrected chi connectivity index (χ1v) is 4.06. The summed E-state index contributed by atoms with van der Waals surface area (Å²) in [7, 11) is 0. The van der Waals surface area contributed by atoms with Crippen LogP contribution in [0.3, 0.4) is 0 Å². The summed E-state index contributed by atoms with van der Waals surface area (Å²) in [6.45, 7) is 0. The molecule has 2 rings (SSSR count). The molecule has 0 saturated carbocycles. The topological polar surface area (TPSA) is 51.2 Å². The second-order valence-corrected chi connectivity index (χ2v) is 4.00. The van der Waals surface area contributed by atoms with Crippen LogP contribution in [-0.4, -0.2) is 0 Å². The number of fused-ring (bicyclic) bond motifs is 1. The van der Waals surface area contributed by atoms with E-state index in [1.165, 1.54) is 0 Å². The molecule has 10 heavy (non-hydrogen) atoms. The van der Waals surface area contributed by atoms with Crippen LogP contribution in [0.2, 0.25) is 0 Å². The fourth-order valence-electron chi connectivity index (χ4n) is 0.723. The van der Waals surface area contributed by atoms with Crippen LogP contribution in [0.5, 0.6) is 0 Å². The predicted molar refractivity (Wildman–Crippen MR) is 40.9 cm³/mol. The van der Waals surface area contributed by atoms with Gasteiger partial charge in [-0.05, 0) is 0 Å². The van der Waals surface area contributed by atoms with Gasteiger partial charge in [0, 0.05) is 0 Å². The number of hydrogen-bond acceptors (Lipinski definition) is 5. The van der Waals surface area contributed by atoms with Crippen molar-refractivity contribution < 1.29 is 0 Å². The molecule has 0 aliphatic rings. The lowest BCUT2D eigenvalue weighted by atomic mass is 10.3. The molecule has 3 nitrogen and oxygen atoms in total. The van der Waals surface area contributed by atoms with Gasteiger partial charge in [0.1, 0.15) is 9.40 Å². The third-order valence-electron chi connectivity index (χ3n) is 1.20. The van der Waals surface area contributed by atoms with E-state index >= 15 is 0 Å². The molecule has 0 unspecified atom stereocenters. The average molecular weight is 172 g/mol. The van der Waals surface area contributed by atoms with Crippen LogP contribution in [0.15, 0.2) is 14.4 Å². The van der Waals surface area contributed by atoms with E-state index in [1.807, 2.05) is 0 Å². The molecule has 1 heterocycles. The van der Waals surface area contributed by atoms with Gasteiger partial charge in [-0.15, -0.1) is 0 Å². The molecule has 0 fully saturated rings. The molecule has 0 spiro atoms. The van der Waals surface area contributed by atoms with E-state index in [1.54, 1.807) is 0 Å². The van der Waals surface area contributed by atoms with Crippen LogP contribution in [0.1, 0.15) is 0 Å². The summed E-state index contributed by atoms with van der Waals surface area (Å²) >= 11 is 1.72. The van der Waals surface area contributed by atoms with Crippen molar-refractivity contribution in [3.63, 3.8) is 0 Å². The Morgan fingerprint density at radius 2 is 1.20 bits per heavy atom. The Morgan fingerprint density at radius 3 is 1.60 bits per heavy atom. The second kappa shape index (κ2) is 1.62. The minimum Gasteiger partial charge on any atom is -0.284 e. The van der Waals surface area contributed by atoms with Crippen molar-refractivity contribution in [2.24, 2.45) is 0 Å². The summed E-state index contributed by atoms with van der Waals surface area (Å²) in [6.07, 6.45) is 0. The van der Waals surface area contributed by atoms with Crippen LogP contribution in [0.25, 0.3) is 9.40 Å². The highest BCUT2D eigenvalue weighted by Crippen LogP contribution is 2.13. The summed E-state index contributed by atoms with van der Waals surface area (Å²) < 4.78 is 0.518. The monoisotopic (exact) mass is 172 g/mol. The zero-order chi connectivity index (χ0) is 7.30. The maximum atomic E-state index is 10.6. The van der Waals surface area contributed by atoms with Gasteiger partial charge in [-0.25, -0.2) is 0 Å². The first-order valence-electron chi connectivity index (χ1n) is 2.43. The van der Waals surface area contributed by atoms with E-state index in [-0.39, 0.29) is 4.06 Å². The molecule has 5 heteroatoms. The van der Waals surface area contributed by atoms with Crippen molar-refractivity contribution in [3.8, 4) is 0 Å². The summed E-state index contributed by atoms with van der Waals surface area (Å²) in [6, 6.07) is 0. The van der Waals surface area contributed by atoms with Crippen molar-refractivity contribution in [2.75, 3.05) is 0 Å². The van der Waals surface area contributed by atoms with E-state index < -0.39 is 10.9 Å². The average Bonchev–Trinajstić information content (AvgIpc) is 2.27. The minimum absolute atomic E-state index is 0.177. The number of hydrogen-bond donors (Lipinski definition) is 0. The zero-order valence-corrected chi connectivity index (χ0v) is 6.17. The highest BCUT2D eigenvalue weighted by molar-refractivity contribution is 7.35. The van der Waals surface area contributed by atoms with Crippen LogP contribution in [-0.2, 0) is 0 Å². The minimum atomic E-state index is -0.502. The van der Waals surface area contributed by atoms with Gasteiger partial charge in [-0.3, -0.25) is 14.4 Å². The maximum absolute atomic E-state index is 10.6. The maximum Gasteiger partial charge on any atom is 0.288 e. The summed E-state index contributed by atoms with van der Waals surface area (Å²) in [5.74, 6) is 0. The molecular formula is C5O3S2. The first kappa shape index (κ1) is 5.94. The van der Waals surface area contributed by atoms with Crippen LogP contribution in [0, 0.1) is 0 Å². The standard InChI is InChI=1S/C5O3S2/c6-1-2(7)4-3(1)9-5(8)10-4. The van der Waals surface area contributed by atoms with Crippen molar-refractivity contribution in [1.29, 1.82) is 0 Å². The van der Waals surface area contributed by atoms with Crippen LogP contribution >= 0.6 is 22.7 Å². The Balaban J connectivity index is 3.22. The molecule has 50 valence electrons. The van der Waals surface area contributed by atoms with Crippen molar-refractivity contribution in [3.05, 3.63) is 29.3 Å². The van der Waals surface area contributed by atoms with Gasteiger partial charge in [-0.2, -0.15) is 0 Å². The molecular weight excluding hydrogens is 172 g/mol. The van der Waals surface area contributed by atoms with E-state index in [9.17, 15) is 14.4 Å². The van der Waals surface area contributed by atoms with E-state index in [0.717, 1.165) is 22.7 Å². The molecule has 0 atom stereocenters. The molecule has 0 saturated heterocycles. The molecule has 0 bridgehead atoms. The second-order valence-electron chi connectivity index (χ2n) is 1.77. The largest absolute Gasteiger partial charge is 0.288 e. The van der Waals surface area contributed by atoms with Gasteiger partial charge in [0.2, 0.25) is 10.9 Å². The van der Waals surface area contributed by atoms with Gasteiger partial charge < -0.3 is 0 Å². The Kier molecular flexibility index (Phi) is 0.959. The Labute approximate surface area is 61.9 Å². The molecule has 0 aliphatic heterocycles. The lowest BCUT2D eigenvalue weighted by Crippen LogP contribution is -2.27. The van der Waals surface area contributed by atoms with Gasteiger partial charge >= 0.3 is 0 Å². The molecule has 0 aliphatic carbocycles. The molecule has 2 aromatic rings. The van der Waals surface area contributed by atoms with E-state index in [4.69, 9.17) is 0 Å². The van der Waals surface area contributed by atoms with Gasteiger partial charge in [0.25, 0.3) is 4.06 Å². The van der Waals surface area contributed by atoms with Crippen molar-refractivity contribution in [2.45, 2.75) is 0 Å². The smallest absolute Gasteiger partial charge is 0.284 e. The van der Waals surface area contributed by atoms with E-state index in [2.05, 4.69) is 0 Å². The normalized spacial score (nSPS) is 11.2. The lowest BCUT2D eigenvalue weighted by Gasteiger charge is -1.82. The third kappa shape index (κ3) is 0.512. The Morgan fingerprint density at radius 1 is 0.800 bits per heavy atom. The van der Waals surface area contributed by atoms with E-state index in [0.29, 0.717) is 9.40 Å². The Bertz CT molecular complexity index is 464. The lowest BCUT2D eigenvalue weighted by molar-refractivity contribution is 1.62. The molecule has 1 aromatic carbocycles. The quantitative estimate of drug-likeness (QED) is 0.522. The zero-order valence-electron chi connectivity index (χ0n) is 4.54. The highest BCUT2D eigenvalue weighted by Gasteiger charge is 2.15. The third-order valence-corrected chi connectivity index (χ3v) is 3.35.